The molecular weight excluding hydrogens is 416 g/mol. The van der Waals surface area contributed by atoms with Crippen LogP contribution >= 0.6 is 11.6 Å². The van der Waals surface area contributed by atoms with Gasteiger partial charge in [-0.05, 0) is 68.0 Å². The highest BCUT2D eigenvalue weighted by Gasteiger charge is 2.25. The normalized spacial score (nSPS) is 16.0. The van der Waals surface area contributed by atoms with Crippen LogP contribution in [0.5, 0.6) is 11.5 Å². The van der Waals surface area contributed by atoms with Crippen molar-refractivity contribution in [3.63, 3.8) is 0 Å². The van der Waals surface area contributed by atoms with Crippen molar-refractivity contribution in [1.82, 2.24) is 4.90 Å². The number of aryl methyl sites for hydroxylation is 1. The van der Waals surface area contributed by atoms with Crippen LogP contribution < -0.4 is 14.8 Å². The van der Waals surface area contributed by atoms with Crippen molar-refractivity contribution in [3.05, 3.63) is 52.5 Å². The quantitative estimate of drug-likeness (QED) is 0.657. The number of ether oxygens (including phenoxy) is 2. The lowest BCUT2D eigenvalue weighted by molar-refractivity contribution is -0.116. The fraction of sp³-hybridized carbons (Fsp3) is 0.417. The van der Waals surface area contributed by atoms with Crippen LogP contribution in [-0.2, 0) is 4.79 Å². The molecule has 0 spiro atoms. The van der Waals surface area contributed by atoms with Gasteiger partial charge in [-0.25, -0.2) is 0 Å². The van der Waals surface area contributed by atoms with Crippen LogP contribution in [-0.4, -0.2) is 44.0 Å². The van der Waals surface area contributed by atoms with Gasteiger partial charge in [-0.3, -0.25) is 9.59 Å². The second-order valence-electron chi connectivity index (χ2n) is 7.88. The van der Waals surface area contributed by atoms with Crippen LogP contribution in [0.15, 0.2) is 36.4 Å². The molecule has 2 amide bonds. The first kappa shape index (κ1) is 22.9. The van der Waals surface area contributed by atoms with Crippen molar-refractivity contribution in [1.29, 1.82) is 0 Å². The van der Waals surface area contributed by atoms with Crippen LogP contribution in [0.1, 0.15) is 41.6 Å². The maximum absolute atomic E-state index is 13.0. The minimum absolute atomic E-state index is 0.0103. The van der Waals surface area contributed by atoms with E-state index < -0.39 is 0 Å². The van der Waals surface area contributed by atoms with Crippen molar-refractivity contribution < 1.29 is 19.1 Å². The Hall–Kier alpha value is -2.73. The number of nitrogens with zero attached hydrogens (tertiary/aromatic N) is 1. The van der Waals surface area contributed by atoms with E-state index in [4.69, 9.17) is 21.1 Å². The summed E-state index contributed by atoms with van der Waals surface area (Å²) in [6.45, 7) is 3.34. The summed E-state index contributed by atoms with van der Waals surface area (Å²) in [5.41, 5.74) is 2.19. The number of amides is 2. The number of hydrogen-bond acceptors (Lipinski definition) is 4. The van der Waals surface area contributed by atoms with E-state index in [2.05, 4.69) is 5.32 Å². The molecule has 0 bridgehead atoms. The summed E-state index contributed by atoms with van der Waals surface area (Å²) in [5, 5.41) is 3.41. The van der Waals surface area contributed by atoms with Gasteiger partial charge in [-0.2, -0.15) is 0 Å². The van der Waals surface area contributed by atoms with Crippen LogP contribution in [0.4, 0.5) is 5.69 Å². The highest BCUT2D eigenvalue weighted by molar-refractivity contribution is 6.31. The number of halogens is 1. The Balaban J connectivity index is 1.56. The summed E-state index contributed by atoms with van der Waals surface area (Å²) >= 11 is 6.03. The van der Waals surface area contributed by atoms with Crippen molar-refractivity contribution in [2.24, 2.45) is 5.92 Å². The van der Waals surface area contributed by atoms with Gasteiger partial charge in [0.05, 0.1) is 19.9 Å². The Kier molecular flexibility index (Phi) is 7.80. The third-order valence-electron chi connectivity index (χ3n) is 5.68. The van der Waals surface area contributed by atoms with E-state index in [0.29, 0.717) is 40.7 Å². The highest BCUT2D eigenvalue weighted by atomic mass is 35.5. The van der Waals surface area contributed by atoms with E-state index in [0.717, 1.165) is 31.4 Å². The van der Waals surface area contributed by atoms with E-state index >= 15 is 0 Å². The molecule has 2 aromatic carbocycles. The summed E-state index contributed by atoms with van der Waals surface area (Å²) in [5.74, 6) is 1.49. The molecule has 1 heterocycles. The lowest BCUT2D eigenvalue weighted by Crippen LogP contribution is -2.40. The smallest absolute Gasteiger partial charge is 0.253 e. The number of piperidine rings is 1. The lowest BCUT2D eigenvalue weighted by atomic mass is 9.92. The van der Waals surface area contributed by atoms with E-state index in [1.54, 1.807) is 38.5 Å². The summed E-state index contributed by atoms with van der Waals surface area (Å²) in [6, 6.07) is 10.7. The second kappa shape index (κ2) is 10.5. The van der Waals surface area contributed by atoms with Crippen molar-refractivity contribution in [3.8, 4) is 11.5 Å². The molecule has 6 nitrogen and oxygen atoms in total. The van der Waals surface area contributed by atoms with E-state index in [1.165, 1.54) is 0 Å². The number of carbonyl (C=O) groups excluding carboxylic acids is 2. The molecule has 0 unspecified atom stereocenters. The number of anilines is 1. The van der Waals surface area contributed by atoms with Gasteiger partial charge in [0, 0.05) is 30.1 Å². The minimum atomic E-state index is -0.0905. The third-order valence-corrected chi connectivity index (χ3v) is 5.91. The third kappa shape index (κ3) is 5.91. The molecule has 1 atom stereocenters. The highest BCUT2D eigenvalue weighted by Crippen LogP contribution is 2.29. The maximum Gasteiger partial charge on any atom is 0.253 e. The number of nitrogens with one attached hydrogen (secondary N) is 1. The van der Waals surface area contributed by atoms with Gasteiger partial charge in [-0.15, -0.1) is 0 Å². The molecule has 0 aromatic heterocycles. The van der Waals surface area contributed by atoms with Gasteiger partial charge in [0.2, 0.25) is 5.91 Å². The Labute approximate surface area is 188 Å². The van der Waals surface area contributed by atoms with Gasteiger partial charge in [-0.1, -0.05) is 17.7 Å². The Bertz CT molecular complexity index is 947. The SMILES string of the molecule is COc1cc(C(=O)N2CCC[C@H](CCC(=O)Nc3cc(Cl)ccc3OC)C2)ccc1C. The lowest BCUT2D eigenvalue weighted by Gasteiger charge is -2.33. The van der Waals surface area contributed by atoms with Crippen molar-refractivity contribution in [2.45, 2.75) is 32.6 Å². The number of hydrogen-bond donors (Lipinski definition) is 1. The fourth-order valence-electron chi connectivity index (χ4n) is 3.95. The monoisotopic (exact) mass is 444 g/mol. The van der Waals surface area contributed by atoms with Crippen molar-refractivity contribution in [2.75, 3.05) is 32.6 Å². The second-order valence-corrected chi connectivity index (χ2v) is 8.31. The average Bonchev–Trinajstić information content (AvgIpc) is 2.78. The molecule has 1 N–H and O–H groups in total. The van der Waals surface area contributed by atoms with Crippen LogP contribution in [0.2, 0.25) is 5.02 Å². The maximum atomic E-state index is 13.0. The first-order valence-electron chi connectivity index (χ1n) is 10.5. The first-order valence-corrected chi connectivity index (χ1v) is 10.9. The largest absolute Gasteiger partial charge is 0.496 e. The summed E-state index contributed by atoms with van der Waals surface area (Å²) in [7, 11) is 3.16. The van der Waals surface area contributed by atoms with E-state index in [1.807, 2.05) is 24.0 Å². The zero-order chi connectivity index (χ0) is 22.4. The van der Waals surface area contributed by atoms with Gasteiger partial charge >= 0.3 is 0 Å². The molecule has 0 aliphatic carbocycles. The summed E-state index contributed by atoms with van der Waals surface area (Å²) in [4.78, 5) is 27.3. The van der Waals surface area contributed by atoms with Gasteiger partial charge in [0.1, 0.15) is 11.5 Å². The Morgan fingerprint density at radius 1 is 1.13 bits per heavy atom. The van der Waals surface area contributed by atoms with E-state index in [-0.39, 0.29) is 17.7 Å². The molecule has 1 saturated heterocycles. The van der Waals surface area contributed by atoms with Crippen LogP contribution in [0, 0.1) is 12.8 Å². The molecule has 1 aliphatic heterocycles. The molecule has 1 fully saturated rings. The molecule has 7 heteroatoms. The topological polar surface area (TPSA) is 67.9 Å². The fourth-order valence-corrected chi connectivity index (χ4v) is 4.12. The molecule has 31 heavy (non-hydrogen) atoms. The van der Waals surface area contributed by atoms with Crippen molar-refractivity contribution >= 4 is 29.1 Å². The molecule has 3 rings (SSSR count). The zero-order valence-corrected chi connectivity index (χ0v) is 19.0. The predicted octanol–water partition coefficient (Wildman–Crippen LogP) is 4.94. The zero-order valence-electron chi connectivity index (χ0n) is 18.2. The van der Waals surface area contributed by atoms with Crippen LogP contribution in [0.25, 0.3) is 0 Å². The number of rotatable bonds is 7. The standard InChI is InChI=1S/C24H29ClN2O4/c1-16-6-8-18(13-22(16)31-3)24(29)27-12-4-5-17(15-27)7-11-23(28)26-20-14-19(25)9-10-21(20)30-2/h6,8-10,13-14,17H,4-5,7,11-12,15H2,1-3H3,(H,26,28)/t17-/m1/s1. The molecule has 1 aliphatic rings. The summed E-state index contributed by atoms with van der Waals surface area (Å²) in [6.07, 6.45) is 3.04. The van der Waals surface area contributed by atoms with Crippen LogP contribution in [0.3, 0.4) is 0 Å². The minimum Gasteiger partial charge on any atom is -0.496 e. The van der Waals surface area contributed by atoms with Gasteiger partial charge < -0.3 is 19.7 Å². The Morgan fingerprint density at radius 2 is 1.90 bits per heavy atom. The molecular formula is C24H29ClN2O4. The average molecular weight is 445 g/mol. The molecule has 0 saturated carbocycles. The molecule has 166 valence electrons. The van der Waals surface area contributed by atoms with Gasteiger partial charge in [0.15, 0.2) is 0 Å². The number of benzene rings is 2. The van der Waals surface area contributed by atoms with Gasteiger partial charge in [0.25, 0.3) is 5.91 Å². The number of carbonyl (C=O) groups is 2. The predicted molar refractivity (Wildman–Crippen MR) is 122 cm³/mol. The number of methoxy groups -OCH3 is 2. The molecule has 0 radical (unpaired) electrons. The van der Waals surface area contributed by atoms with E-state index in [9.17, 15) is 9.59 Å². The number of likely N-dealkylation sites (tertiary alicyclic amines) is 1. The summed E-state index contributed by atoms with van der Waals surface area (Å²) < 4.78 is 10.6. The Morgan fingerprint density at radius 3 is 2.65 bits per heavy atom. The molecule has 2 aromatic rings. The first-order chi connectivity index (χ1) is 14.9.